The van der Waals surface area contributed by atoms with Gasteiger partial charge in [0, 0.05) is 17.7 Å². The largest absolute Gasteiger partial charge is 0.508 e. The molecule has 3 aromatic carbocycles. The number of aliphatic hydroxyl groups excluding tert-OH is 3. The minimum absolute atomic E-state index is 0.0389. The molecular formula is C27H22O15. The van der Waals surface area contributed by atoms with Gasteiger partial charge in [0.1, 0.15) is 40.8 Å². The van der Waals surface area contributed by atoms with Gasteiger partial charge in [-0.05, 0) is 30.3 Å². The third-order valence-corrected chi connectivity index (χ3v) is 6.38. The van der Waals surface area contributed by atoms with Crippen LogP contribution in [0.2, 0.25) is 0 Å². The lowest BCUT2D eigenvalue weighted by Gasteiger charge is -2.19. The van der Waals surface area contributed by atoms with E-state index in [4.69, 9.17) is 18.6 Å². The van der Waals surface area contributed by atoms with Gasteiger partial charge in [-0.15, -0.1) is 0 Å². The number of carbonyl (C=O) groups excluding carboxylic acids is 1. The highest BCUT2D eigenvalue weighted by Crippen LogP contribution is 2.40. The van der Waals surface area contributed by atoms with Crippen LogP contribution in [0.3, 0.4) is 0 Å². The van der Waals surface area contributed by atoms with Gasteiger partial charge >= 0.3 is 5.97 Å². The average molecular weight is 586 g/mol. The molecular weight excluding hydrogens is 564 g/mol. The second kappa shape index (κ2) is 10.6. The second-order valence-corrected chi connectivity index (χ2v) is 9.19. The maximum Gasteiger partial charge on any atom is 0.343 e. The van der Waals surface area contributed by atoms with Crippen LogP contribution < -0.4 is 14.9 Å². The predicted molar refractivity (Wildman–Crippen MR) is 138 cm³/mol. The summed E-state index contributed by atoms with van der Waals surface area (Å²) in [6.45, 7) is -0.704. The number of hydrogen-bond acceptors (Lipinski definition) is 15. The van der Waals surface area contributed by atoms with Gasteiger partial charge in [-0.3, -0.25) is 4.79 Å². The van der Waals surface area contributed by atoms with Gasteiger partial charge < -0.3 is 64.6 Å². The van der Waals surface area contributed by atoms with Crippen LogP contribution in [0.4, 0.5) is 0 Å². The molecule has 1 saturated heterocycles. The van der Waals surface area contributed by atoms with Crippen molar-refractivity contribution in [1.82, 2.24) is 0 Å². The van der Waals surface area contributed by atoms with Crippen molar-refractivity contribution in [2.45, 2.75) is 24.6 Å². The van der Waals surface area contributed by atoms with Crippen molar-refractivity contribution in [2.75, 3.05) is 6.61 Å². The summed E-state index contributed by atoms with van der Waals surface area (Å²) in [6.07, 6.45) is -6.33. The number of benzene rings is 3. The summed E-state index contributed by atoms with van der Waals surface area (Å²) in [7, 11) is 0. The zero-order valence-electron chi connectivity index (χ0n) is 21.0. The first-order valence-corrected chi connectivity index (χ1v) is 12.0. The van der Waals surface area contributed by atoms with Gasteiger partial charge in [0.15, 0.2) is 34.5 Å². The molecule has 0 amide bonds. The highest BCUT2D eigenvalue weighted by atomic mass is 16.7. The number of ether oxygens (including phenoxy) is 3. The number of aliphatic hydroxyl groups is 3. The Hall–Kier alpha value is -5.22. The molecule has 0 unspecified atom stereocenters. The molecule has 1 fully saturated rings. The summed E-state index contributed by atoms with van der Waals surface area (Å²) in [6, 6.07) is 6.73. The SMILES string of the molecule is O=C(Oc1cc(O)cc2oc(-c3ccc(O)c(O)c3)c(O[C@H]3O[C@H](CO)[C@@H](O)[C@@H]3O)c(=O)c12)c1cc(O)c(O)c(O)c1. The van der Waals surface area contributed by atoms with Crippen LogP contribution >= 0.6 is 0 Å². The number of aromatic hydroxyl groups is 6. The fourth-order valence-electron chi connectivity index (χ4n) is 4.26. The smallest absolute Gasteiger partial charge is 0.343 e. The van der Waals surface area contributed by atoms with Crippen molar-refractivity contribution >= 4 is 16.9 Å². The molecule has 42 heavy (non-hydrogen) atoms. The molecule has 1 aliphatic heterocycles. The van der Waals surface area contributed by atoms with Crippen molar-refractivity contribution in [2.24, 2.45) is 0 Å². The number of fused-ring (bicyclic) bond motifs is 1. The Morgan fingerprint density at radius 3 is 2.17 bits per heavy atom. The normalized spacial score (nSPS) is 20.1. The molecule has 0 bridgehead atoms. The third kappa shape index (κ3) is 4.92. The molecule has 1 aliphatic rings. The molecule has 1 aromatic heterocycles. The Morgan fingerprint density at radius 1 is 0.857 bits per heavy atom. The number of phenols is 6. The number of phenolic OH excluding ortho intramolecular Hbond substituents is 6. The Labute approximate surface area is 233 Å². The molecule has 15 heteroatoms. The fourth-order valence-corrected chi connectivity index (χ4v) is 4.26. The Bertz CT molecular complexity index is 1740. The van der Waals surface area contributed by atoms with Crippen LogP contribution in [0.15, 0.2) is 51.7 Å². The van der Waals surface area contributed by atoms with Gasteiger partial charge in [-0.25, -0.2) is 4.79 Å². The highest BCUT2D eigenvalue weighted by Gasteiger charge is 2.45. The minimum atomic E-state index is -1.75. The van der Waals surface area contributed by atoms with E-state index in [0.29, 0.717) is 0 Å². The van der Waals surface area contributed by atoms with E-state index in [0.717, 1.165) is 36.4 Å². The van der Waals surface area contributed by atoms with Crippen molar-refractivity contribution in [3.8, 4) is 57.3 Å². The van der Waals surface area contributed by atoms with Crippen molar-refractivity contribution < 1.29 is 69.4 Å². The number of carbonyl (C=O) groups is 1. The zero-order chi connectivity index (χ0) is 30.5. The maximum atomic E-state index is 13.9. The Morgan fingerprint density at radius 2 is 1.55 bits per heavy atom. The average Bonchev–Trinajstić information content (AvgIpc) is 3.21. The molecule has 0 saturated carbocycles. The van der Waals surface area contributed by atoms with E-state index in [1.54, 1.807) is 0 Å². The van der Waals surface area contributed by atoms with Crippen LogP contribution in [-0.2, 0) is 4.74 Å². The van der Waals surface area contributed by atoms with E-state index in [-0.39, 0.29) is 11.1 Å². The van der Waals surface area contributed by atoms with E-state index in [1.165, 1.54) is 6.07 Å². The molecule has 0 radical (unpaired) electrons. The summed E-state index contributed by atoms with van der Waals surface area (Å²) >= 11 is 0. The Kier molecular flexibility index (Phi) is 7.17. The number of hydrogen-bond donors (Lipinski definition) is 9. The van der Waals surface area contributed by atoms with E-state index in [1.807, 2.05) is 0 Å². The maximum absolute atomic E-state index is 13.9. The number of rotatable bonds is 6. The molecule has 4 aromatic rings. The monoisotopic (exact) mass is 586 g/mol. The summed E-state index contributed by atoms with van der Waals surface area (Å²) < 4.78 is 22.0. The molecule has 15 nitrogen and oxygen atoms in total. The van der Waals surface area contributed by atoms with Crippen LogP contribution in [0, 0.1) is 0 Å². The fraction of sp³-hybridized carbons (Fsp3) is 0.185. The first kappa shape index (κ1) is 28.3. The summed E-state index contributed by atoms with van der Waals surface area (Å²) in [4.78, 5) is 26.7. The molecule has 220 valence electrons. The quantitative estimate of drug-likeness (QED) is 0.0857. The number of esters is 1. The van der Waals surface area contributed by atoms with Crippen LogP contribution in [0.1, 0.15) is 10.4 Å². The third-order valence-electron chi connectivity index (χ3n) is 6.38. The van der Waals surface area contributed by atoms with Crippen molar-refractivity contribution in [1.29, 1.82) is 0 Å². The first-order chi connectivity index (χ1) is 19.9. The van der Waals surface area contributed by atoms with E-state index >= 15 is 0 Å². The molecule has 0 aliphatic carbocycles. The molecule has 0 spiro atoms. The lowest BCUT2D eigenvalue weighted by Crippen LogP contribution is -2.36. The second-order valence-electron chi connectivity index (χ2n) is 9.19. The van der Waals surface area contributed by atoms with Gasteiger partial charge in [-0.1, -0.05) is 0 Å². The summed E-state index contributed by atoms with van der Waals surface area (Å²) in [5.74, 6) is -7.17. The summed E-state index contributed by atoms with van der Waals surface area (Å²) in [5.41, 5.74) is -1.92. The van der Waals surface area contributed by atoms with Crippen molar-refractivity contribution in [3.05, 3.63) is 58.3 Å². The van der Waals surface area contributed by atoms with Gasteiger partial charge in [0.2, 0.25) is 17.5 Å². The van der Waals surface area contributed by atoms with E-state index in [2.05, 4.69) is 0 Å². The topological polar surface area (TPSA) is 257 Å². The van der Waals surface area contributed by atoms with Gasteiger partial charge in [0.05, 0.1) is 12.2 Å². The van der Waals surface area contributed by atoms with Crippen LogP contribution in [0.5, 0.6) is 46.0 Å². The molecule has 4 atom stereocenters. The lowest BCUT2D eigenvalue weighted by molar-refractivity contribution is -0.117. The lowest BCUT2D eigenvalue weighted by atomic mass is 10.1. The minimum Gasteiger partial charge on any atom is -0.508 e. The molecule has 9 N–H and O–H groups in total. The van der Waals surface area contributed by atoms with Crippen LogP contribution in [0.25, 0.3) is 22.3 Å². The van der Waals surface area contributed by atoms with Crippen molar-refractivity contribution in [3.63, 3.8) is 0 Å². The van der Waals surface area contributed by atoms with E-state index in [9.17, 15) is 55.5 Å². The zero-order valence-corrected chi connectivity index (χ0v) is 21.0. The van der Waals surface area contributed by atoms with Gasteiger partial charge in [0.25, 0.3) is 0 Å². The van der Waals surface area contributed by atoms with Crippen LogP contribution in [-0.4, -0.2) is 83.1 Å². The Balaban J connectivity index is 1.68. The van der Waals surface area contributed by atoms with Gasteiger partial charge in [-0.2, -0.15) is 0 Å². The predicted octanol–water partition coefficient (Wildman–Crippen LogP) is 0.731. The molecule has 2 heterocycles. The first-order valence-electron chi connectivity index (χ1n) is 12.0. The van der Waals surface area contributed by atoms with E-state index < -0.39 is 105 Å². The summed E-state index contributed by atoms with van der Waals surface area (Å²) in [5, 5.41) is 88.5. The standard InChI is InChI=1S/C27H22O15/c28-8-18-21(35)23(37)27(41-18)42-25-22(36)19-16(39-24(25)9-1-2-12(30)13(31)3-9)6-11(29)7-17(19)40-26(38)10-4-14(32)20(34)15(33)5-10/h1-7,18,21,23,27-35,37H,8H2/t18-,21-,23+,27-/m1/s1. The molecule has 5 rings (SSSR count). The highest BCUT2D eigenvalue weighted by molar-refractivity contribution is 5.96.